The summed E-state index contributed by atoms with van der Waals surface area (Å²) in [6.45, 7) is 2.19. The van der Waals surface area contributed by atoms with Crippen molar-refractivity contribution in [2.24, 2.45) is 0 Å². The van der Waals surface area contributed by atoms with E-state index in [9.17, 15) is 22.8 Å². The molecular weight excluding hydrogens is 337 g/mol. The van der Waals surface area contributed by atoms with E-state index in [1.165, 1.54) is 24.3 Å². The summed E-state index contributed by atoms with van der Waals surface area (Å²) < 4.78 is 42.3. The van der Waals surface area contributed by atoms with Crippen LogP contribution >= 0.6 is 0 Å². The van der Waals surface area contributed by atoms with Crippen LogP contribution in [0.5, 0.6) is 0 Å². The Morgan fingerprint density at radius 1 is 1.08 bits per heavy atom. The second-order valence-electron chi connectivity index (χ2n) is 5.10. The van der Waals surface area contributed by atoms with Gasteiger partial charge in [-0.3, -0.25) is 9.78 Å². The van der Waals surface area contributed by atoms with E-state index in [1.54, 1.807) is 0 Å². The molecule has 2 rings (SSSR count). The Morgan fingerprint density at radius 2 is 1.72 bits per heavy atom. The minimum Gasteiger partial charge on any atom is -0.462 e. The molecule has 0 spiro atoms. The highest BCUT2D eigenvalue weighted by Gasteiger charge is 2.32. The monoisotopic (exact) mass is 352 g/mol. The van der Waals surface area contributed by atoms with Crippen LogP contribution in [0.1, 0.15) is 39.8 Å². The van der Waals surface area contributed by atoms with Gasteiger partial charge in [-0.1, -0.05) is 6.92 Å². The lowest BCUT2D eigenvalue weighted by atomic mass is 10.2. The van der Waals surface area contributed by atoms with Crippen molar-refractivity contribution in [3.63, 3.8) is 0 Å². The lowest BCUT2D eigenvalue weighted by Crippen LogP contribution is -2.14. The van der Waals surface area contributed by atoms with Gasteiger partial charge in [0, 0.05) is 11.9 Å². The van der Waals surface area contributed by atoms with Crippen LogP contribution in [0.15, 0.2) is 42.6 Å². The van der Waals surface area contributed by atoms with Crippen molar-refractivity contribution in [1.82, 2.24) is 4.98 Å². The lowest BCUT2D eigenvalue weighted by molar-refractivity contribution is -0.141. The number of rotatable bonds is 5. The number of anilines is 1. The molecule has 0 bridgehead atoms. The third-order valence-electron chi connectivity index (χ3n) is 3.13. The highest BCUT2D eigenvalue weighted by molar-refractivity contribution is 6.04. The zero-order chi connectivity index (χ0) is 18.4. The fourth-order valence-corrected chi connectivity index (χ4v) is 1.87. The smallest absolute Gasteiger partial charge is 0.433 e. The van der Waals surface area contributed by atoms with Crippen molar-refractivity contribution in [2.45, 2.75) is 19.5 Å². The van der Waals surface area contributed by atoms with E-state index in [0.717, 1.165) is 18.3 Å². The molecule has 0 aliphatic heterocycles. The van der Waals surface area contributed by atoms with Crippen LogP contribution < -0.4 is 5.32 Å². The number of ether oxygens (including phenoxy) is 1. The number of esters is 1. The summed E-state index contributed by atoms with van der Waals surface area (Å²) in [6, 6.07) is 7.75. The van der Waals surface area contributed by atoms with Gasteiger partial charge in [-0.15, -0.1) is 0 Å². The standard InChI is InChI=1S/C17H15F3N2O3/c1-2-9-25-16(24)11-3-6-13(7-4-11)22-15(23)12-5-8-14(21-10-12)17(18,19)20/h3-8,10H,2,9H2,1H3,(H,22,23). The number of alkyl halides is 3. The Bertz CT molecular complexity index is 741. The Hall–Kier alpha value is -2.90. The van der Waals surface area contributed by atoms with Gasteiger partial charge >= 0.3 is 12.1 Å². The van der Waals surface area contributed by atoms with Gasteiger partial charge < -0.3 is 10.1 Å². The van der Waals surface area contributed by atoms with Crippen LogP contribution in [-0.4, -0.2) is 23.5 Å². The number of nitrogens with zero attached hydrogens (tertiary/aromatic N) is 1. The number of halogens is 3. The first-order valence-corrected chi connectivity index (χ1v) is 7.43. The van der Waals surface area contributed by atoms with E-state index in [0.29, 0.717) is 24.3 Å². The number of pyridine rings is 1. The number of hydrogen-bond acceptors (Lipinski definition) is 4. The zero-order valence-corrected chi connectivity index (χ0v) is 13.3. The summed E-state index contributed by atoms with van der Waals surface area (Å²) in [5, 5.41) is 2.51. The summed E-state index contributed by atoms with van der Waals surface area (Å²) in [6.07, 6.45) is -2.99. The van der Waals surface area contributed by atoms with Gasteiger partial charge in [-0.2, -0.15) is 13.2 Å². The number of aromatic nitrogens is 1. The number of nitrogens with one attached hydrogen (secondary N) is 1. The maximum Gasteiger partial charge on any atom is 0.433 e. The minimum absolute atomic E-state index is 0.0144. The highest BCUT2D eigenvalue weighted by atomic mass is 19.4. The topological polar surface area (TPSA) is 68.3 Å². The average Bonchev–Trinajstić information content (AvgIpc) is 2.59. The molecule has 0 fully saturated rings. The number of amides is 1. The maximum absolute atomic E-state index is 12.4. The molecule has 0 saturated carbocycles. The van der Waals surface area contributed by atoms with Crippen LogP contribution in [0.2, 0.25) is 0 Å². The Balaban J connectivity index is 2.02. The normalized spacial score (nSPS) is 11.0. The molecule has 1 heterocycles. The second kappa shape index (κ2) is 7.78. The van der Waals surface area contributed by atoms with Crippen LogP contribution in [-0.2, 0) is 10.9 Å². The summed E-state index contributed by atoms with van der Waals surface area (Å²) in [5.41, 5.74) is -0.363. The fourth-order valence-electron chi connectivity index (χ4n) is 1.87. The molecule has 132 valence electrons. The first kappa shape index (κ1) is 18.4. The zero-order valence-electron chi connectivity index (χ0n) is 13.3. The third kappa shape index (κ3) is 5.03. The highest BCUT2D eigenvalue weighted by Crippen LogP contribution is 2.27. The molecule has 2 aromatic rings. The van der Waals surface area contributed by atoms with Crippen LogP contribution in [0.25, 0.3) is 0 Å². The number of benzene rings is 1. The molecule has 0 aliphatic rings. The first-order valence-electron chi connectivity index (χ1n) is 7.43. The van der Waals surface area contributed by atoms with Gasteiger partial charge in [0.2, 0.25) is 0 Å². The summed E-state index contributed by atoms with van der Waals surface area (Å²) in [5.74, 6) is -1.07. The molecule has 0 radical (unpaired) electrons. The summed E-state index contributed by atoms with van der Waals surface area (Å²) >= 11 is 0. The molecule has 1 amide bonds. The molecule has 8 heteroatoms. The van der Waals surface area contributed by atoms with Gasteiger partial charge in [0.25, 0.3) is 5.91 Å². The maximum atomic E-state index is 12.4. The molecule has 25 heavy (non-hydrogen) atoms. The number of hydrogen-bond donors (Lipinski definition) is 1. The van der Waals surface area contributed by atoms with Crippen molar-refractivity contribution in [3.8, 4) is 0 Å². The molecule has 0 unspecified atom stereocenters. The third-order valence-corrected chi connectivity index (χ3v) is 3.13. The van der Waals surface area contributed by atoms with Crippen LogP contribution in [0.3, 0.4) is 0 Å². The van der Waals surface area contributed by atoms with Crippen molar-refractivity contribution in [1.29, 1.82) is 0 Å². The Morgan fingerprint density at radius 3 is 2.24 bits per heavy atom. The van der Waals surface area contributed by atoms with E-state index in [4.69, 9.17) is 4.74 Å². The van der Waals surface area contributed by atoms with Crippen LogP contribution in [0.4, 0.5) is 18.9 Å². The van der Waals surface area contributed by atoms with Crippen LogP contribution in [0, 0.1) is 0 Å². The molecule has 1 aromatic carbocycles. The predicted molar refractivity (Wildman–Crippen MR) is 84.2 cm³/mol. The van der Waals surface area contributed by atoms with Crippen molar-refractivity contribution in [2.75, 3.05) is 11.9 Å². The van der Waals surface area contributed by atoms with Crippen molar-refractivity contribution in [3.05, 3.63) is 59.4 Å². The summed E-state index contributed by atoms with van der Waals surface area (Å²) in [7, 11) is 0. The van der Waals surface area contributed by atoms with Crippen molar-refractivity contribution >= 4 is 17.6 Å². The van der Waals surface area contributed by atoms with Gasteiger partial charge in [-0.25, -0.2) is 4.79 Å². The molecule has 0 atom stereocenters. The molecule has 0 aliphatic carbocycles. The van der Waals surface area contributed by atoms with Gasteiger partial charge in [-0.05, 0) is 42.8 Å². The van der Waals surface area contributed by atoms with E-state index in [2.05, 4.69) is 10.3 Å². The predicted octanol–water partition coefficient (Wildman–Crippen LogP) is 3.92. The SMILES string of the molecule is CCCOC(=O)c1ccc(NC(=O)c2ccc(C(F)(F)F)nc2)cc1. The van der Waals surface area contributed by atoms with Gasteiger partial charge in [0.15, 0.2) is 0 Å². The van der Waals surface area contributed by atoms with Crippen molar-refractivity contribution < 1.29 is 27.5 Å². The lowest BCUT2D eigenvalue weighted by Gasteiger charge is -2.08. The van der Waals surface area contributed by atoms with E-state index in [1.807, 2.05) is 6.92 Å². The molecule has 1 aromatic heterocycles. The summed E-state index contributed by atoms with van der Waals surface area (Å²) in [4.78, 5) is 26.9. The Labute approximate surface area is 141 Å². The molecule has 5 nitrogen and oxygen atoms in total. The van der Waals surface area contributed by atoms with Gasteiger partial charge in [0.1, 0.15) is 5.69 Å². The Kier molecular flexibility index (Phi) is 5.74. The van der Waals surface area contributed by atoms with E-state index in [-0.39, 0.29) is 5.56 Å². The molecular formula is C17H15F3N2O3. The largest absolute Gasteiger partial charge is 0.462 e. The van der Waals surface area contributed by atoms with E-state index < -0.39 is 23.7 Å². The quantitative estimate of drug-likeness (QED) is 0.828. The molecule has 1 N–H and O–H groups in total. The second-order valence-corrected chi connectivity index (χ2v) is 5.10. The average molecular weight is 352 g/mol. The molecule has 0 saturated heterocycles. The minimum atomic E-state index is -4.56. The number of carbonyl (C=O) groups excluding carboxylic acids is 2. The van der Waals surface area contributed by atoms with Gasteiger partial charge in [0.05, 0.1) is 17.7 Å². The number of carbonyl (C=O) groups is 2. The van der Waals surface area contributed by atoms with E-state index >= 15 is 0 Å². The fraction of sp³-hybridized carbons (Fsp3) is 0.235. The first-order chi connectivity index (χ1) is 11.8.